The van der Waals surface area contributed by atoms with Crippen LogP contribution in [0.4, 0.5) is 4.39 Å². The number of Topliss-reactive ketones (excluding diaryl/α,β-unsaturated/α-hetero) is 1. The van der Waals surface area contributed by atoms with Crippen LogP contribution >= 0.6 is 0 Å². The Labute approximate surface area is 205 Å². The number of alkyl halides is 1. The standard InChI is InChI=1S/C24H37FO10/c25-6-7-28-8-9-29-10-11-30-12-13-31-14-15-32-16-17-33-18-19-34-20-21-35-24(27)23(26)22-4-2-1-3-5-22/h1-5H,6-21H2. The first-order chi connectivity index (χ1) is 17.3. The second kappa shape index (κ2) is 23.7. The molecular formula is C24H37FO10. The van der Waals surface area contributed by atoms with Crippen LogP contribution in [0.25, 0.3) is 0 Å². The molecule has 0 saturated carbocycles. The molecule has 10 nitrogen and oxygen atoms in total. The lowest BCUT2D eigenvalue weighted by atomic mass is 10.1. The quantitative estimate of drug-likeness (QED) is 0.0841. The number of ether oxygens (including phenoxy) is 8. The van der Waals surface area contributed by atoms with E-state index in [9.17, 15) is 14.0 Å². The van der Waals surface area contributed by atoms with Crippen LogP contribution in [-0.2, 0) is 42.7 Å². The SMILES string of the molecule is O=C(OCCOCCOCCOCCOCCOCCOCCOCCF)C(=O)c1ccccc1. The van der Waals surface area contributed by atoms with E-state index in [1.807, 2.05) is 0 Å². The van der Waals surface area contributed by atoms with E-state index in [0.29, 0.717) is 84.8 Å². The summed E-state index contributed by atoms with van der Waals surface area (Å²) >= 11 is 0. The van der Waals surface area contributed by atoms with Crippen molar-refractivity contribution in [3.8, 4) is 0 Å². The van der Waals surface area contributed by atoms with Gasteiger partial charge in [-0.25, -0.2) is 9.18 Å². The molecule has 0 atom stereocenters. The summed E-state index contributed by atoms with van der Waals surface area (Å²) in [4.78, 5) is 23.5. The number of hydrogen-bond acceptors (Lipinski definition) is 10. The predicted octanol–water partition coefficient (Wildman–Crippen LogP) is 1.50. The van der Waals surface area contributed by atoms with Crippen molar-refractivity contribution in [1.82, 2.24) is 0 Å². The molecule has 0 bridgehead atoms. The van der Waals surface area contributed by atoms with E-state index in [-0.39, 0.29) is 19.8 Å². The van der Waals surface area contributed by atoms with E-state index in [0.717, 1.165) is 0 Å². The summed E-state index contributed by atoms with van der Waals surface area (Å²) in [7, 11) is 0. The zero-order valence-corrected chi connectivity index (χ0v) is 20.2. The van der Waals surface area contributed by atoms with Crippen LogP contribution in [-0.4, -0.2) is 118 Å². The molecule has 200 valence electrons. The molecule has 1 rings (SSSR count). The molecule has 1 aromatic rings. The number of halogens is 1. The molecule has 0 unspecified atom stereocenters. The van der Waals surface area contributed by atoms with Crippen molar-refractivity contribution in [2.24, 2.45) is 0 Å². The van der Waals surface area contributed by atoms with E-state index in [1.54, 1.807) is 30.3 Å². The van der Waals surface area contributed by atoms with E-state index in [2.05, 4.69) is 0 Å². The topological polar surface area (TPSA) is 108 Å². The molecule has 0 radical (unpaired) electrons. The van der Waals surface area contributed by atoms with Crippen molar-refractivity contribution in [2.75, 3.05) is 106 Å². The smallest absolute Gasteiger partial charge is 0.379 e. The molecular weight excluding hydrogens is 467 g/mol. The molecule has 0 spiro atoms. The maximum atomic E-state index is 11.8. The summed E-state index contributed by atoms with van der Waals surface area (Å²) in [6, 6.07) is 8.24. The monoisotopic (exact) mass is 504 g/mol. The van der Waals surface area contributed by atoms with Gasteiger partial charge in [-0.05, 0) is 0 Å². The Hall–Kier alpha value is -1.99. The van der Waals surface area contributed by atoms with Crippen molar-refractivity contribution < 1.29 is 51.9 Å². The first-order valence-electron chi connectivity index (χ1n) is 11.6. The molecule has 0 aliphatic heterocycles. The molecule has 35 heavy (non-hydrogen) atoms. The van der Waals surface area contributed by atoms with E-state index in [4.69, 9.17) is 37.9 Å². The largest absolute Gasteiger partial charge is 0.457 e. The summed E-state index contributed by atoms with van der Waals surface area (Å²) in [6.07, 6.45) is 0. The van der Waals surface area contributed by atoms with Crippen molar-refractivity contribution in [3.63, 3.8) is 0 Å². The van der Waals surface area contributed by atoms with Gasteiger partial charge < -0.3 is 37.9 Å². The van der Waals surface area contributed by atoms with Crippen molar-refractivity contribution in [2.45, 2.75) is 0 Å². The number of ketones is 1. The minimum absolute atomic E-state index is 0.00259. The van der Waals surface area contributed by atoms with Gasteiger partial charge in [0.15, 0.2) is 0 Å². The molecule has 0 N–H and O–H groups in total. The molecule has 11 heteroatoms. The third kappa shape index (κ3) is 18.9. The summed E-state index contributed by atoms with van der Waals surface area (Å²) in [5.41, 5.74) is 0.294. The molecule has 0 aliphatic rings. The van der Waals surface area contributed by atoms with Gasteiger partial charge in [-0.3, -0.25) is 4.79 Å². The molecule has 0 fully saturated rings. The summed E-state index contributed by atoms with van der Waals surface area (Å²) in [5, 5.41) is 0. The highest BCUT2D eigenvalue weighted by Crippen LogP contribution is 2.01. The Balaban J connectivity index is 1.73. The fourth-order valence-corrected chi connectivity index (χ4v) is 2.44. The Bertz CT molecular complexity index is 632. The summed E-state index contributed by atoms with van der Waals surface area (Å²) < 4.78 is 53.6. The Morgan fingerprint density at radius 3 is 1.23 bits per heavy atom. The molecule has 0 aromatic heterocycles. The number of rotatable bonds is 25. The first-order valence-corrected chi connectivity index (χ1v) is 11.6. The second-order valence-corrected chi connectivity index (χ2v) is 6.81. The van der Waals surface area contributed by atoms with Crippen molar-refractivity contribution in [1.29, 1.82) is 0 Å². The first kappa shape index (κ1) is 31.0. The third-order valence-corrected chi connectivity index (χ3v) is 4.14. The van der Waals surface area contributed by atoms with Gasteiger partial charge in [0.1, 0.15) is 13.3 Å². The van der Waals surface area contributed by atoms with Crippen LogP contribution in [0.2, 0.25) is 0 Å². The molecule has 0 amide bonds. The van der Waals surface area contributed by atoms with Crippen LogP contribution in [0.5, 0.6) is 0 Å². The van der Waals surface area contributed by atoms with Gasteiger partial charge in [-0.15, -0.1) is 0 Å². The molecule has 1 aromatic carbocycles. The van der Waals surface area contributed by atoms with Gasteiger partial charge in [0.2, 0.25) is 0 Å². The van der Waals surface area contributed by atoms with Crippen LogP contribution in [0.3, 0.4) is 0 Å². The Morgan fingerprint density at radius 2 is 0.857 bits per heavy atom. The van der Waals surface area contributed by atoms with Gasteiger partial charge in [-0.1, -0.05) is 30.3 Å². The maximum absolute atomic E-state index is 11.8. The van der Waals surface area contributed by atoms with Gasteiger partial charge in [0.05, 0.1) is 92.5 Å². The lowest BCUT2D eigenvalue weighted by Gasteiger charge is -2.08. The van der Waals surface area contributed by atoms with Gasteiger partial charge in [-0.2, -0.15) is 0 Å². The number of carbonyl (C=O) groups is 2. The normalized spacial score (nSPS) is 11.0. The lowest BCUT2D eigenvalue weighted by molar-refractivity contribution is -0.139. The fraction of sp³-hybridized carbons (Fsp3) is 0.667. The number of hydrogen-bond donors (Lipinski definition) is 0. The van der Waals surface area contributed by atoms with E-state index >= 15 is 0 Å². The van der Waals surface area contributed by atoms with Gasteiger partial charge >= 0.3 is 5.97 Å². The minimum atomic E-state index is -0.899. The summed E-state index contributed by atoms with van der Waals surface area (Å²) in [6.45, 7) is 4.93. The predicted molar refractivity (Wildman–Crippen MR) is 123 cm³/mol. The maximum Gasteiger partial charge on any atom is 0.379 e. The van der Waals surface area contributed by atoms with Gasteiger partial charge in [0, 0.05) is 5.56 Å². The second-order valence-electron chi connectivity index (χ2n) is 6.81. The van der Waals surface area contributed by atoms with E-state index < -0.39 is 18.4 Å². The zero-order chi connectivity index (χ0) is 25.2. The Kier molecular flexibility index (Phi) is 21.1. The molecule has 0 aliphatic carbocycles. The molecule has 0 saturated heterocycles. The number of esters is 1. The van der Waals surface area contributed by atoms with Crippen LogP contribution in [0.15, 0.2) is 30.3 Å². The van der Waals surface area contributed by atoms with Crippen molar-refractivity contribution >= 4 is 11.8 Å². The highest BCUT2D eigenvalue weighted by molar-refractivity contribution is 6.40. The average Bonchev–Trinajstić information content (AvgIpc) is 2.89. The highest BCUT2D eigenvalue weighted by atomic mass is 19.1. The highest BCUT2D eigenvalue weighted by Gasteiger charge is 2.16. The lowest BCUT2D eigenvalue weighted by Crippen LogP contribution is -2.20. The summed E-state index contributed by atoms with van der Waals surface area (Å²) in [5.74, 6) is -1.58. The number of benzene rings is 1. The van der Waals surface area contributed by atoms with Crippen LogP contribution in [0, 0.1) is 0 Å². The van der Waals surface area contributed by atoms with Crippen molar-refractivity contribution in [3.05, 3.63) is 35.9 Å². The number of carbonyl (C=O) groups excluding carboxylic acids is 2. The van der Waals surface area contributed by atoms with Gasteiger partial charge in [0.25, 0.3) is 5.78 Å². The minimum Gasteiger partial charge on any atom is -0.457 e. The Morgan fingerprint density at radius 1 is 0.514 bits per heavy atom. The van der Waals surface area contributed by atoms with Crippen LogP contribution in [0.1, 0.15) is 10.4 Å². The van der Waals surface area contributed by atoms with E-state index in [1.165, 1.54) is 0 Å². The zero-order valence-electron chi connectivity index (χ0n) is 20.2. The third-order valence-electron chi connectivity index (χ3n) is 4.14. The average molecular weight is 505 g/mol. The fourth-order valence-electron chi connectivity index (χ4n) is 2.44. The molecule has 0 heterocycles. The van der Waals surface area contributed by atoms with Crippen LogP contribution < -0.4 is 0 Å².